The fourth-order valence-electron chi connectivity index (χ4n) is 2.48. The Balaban J connectivity index is 2.65. The van der Waals surface area contributed by atoms with Crippen LogP contribution in [0, 0.1) is 0 Å². The summed E-state index contributed by atoms with van der Waals surface area (Å²) in [4.78, 5) is 26.6. The number of nitrogens with zero attached hydrogens (tertiary/aromatic N) is 1. The zero-order valence-electron chi connectivity index (χ0n) is 16.3. The minimum Gasteiger partial charge on any atom is -0.379 e. The van der Waals surface area contributed by atoms with Gasteiger partial charge in [-0.2, -0.15) is 0 Å². The van der Waals surface area contributed by atoms with Crippen molar-refractivity contribution in [2.24, 2.45) is 0 Å². The molecule has 0 aromatic heterocycles. The van der Waals surface area contributed by atoms with Gasteiger partial charge in [0.15, 0.2) is 0 Å². The summed E-state index contributed by atoms with van der Waals surface area (Å²) in [5.74, 6) is -0.166. The molecule has 2 amide bonds. The van der Waals surface area contributed by atoms with E-state index in [4.69, 9.17) is 16.3 Å². The predicted octanol–water partition coefficient (Wildman–Crippen LogP) is 3.79. The quantitative estimate of drug-likeness (QED) is 0.592. The summed E-state index contributed by atoms with van der Waals surface area (Å²) in [7, 11) is 0. The average molecular weight is 383 g/mol. The summed E-state index contributed by atoms with van der Waals surface area (Å²) in [6.45, 7) is 9.22. The van der Waals surface area contributed by atoms with Crippen LogP contribution in [0.2, 0.25) is 5.02 Å². The van der Waals surface area contributed by atoms with Gasteiger partial charge in [0.05, 0.1) is 6.10 Å². The molecule has 1 unspecified atom stereocenters. The number of carbonyl (C=O) groups excluding carboxylic acids is 2. The van der Waals surface area contributed by atoms with Gasteiger partial charge >= 0.3 is 0 Å². The molecule has 6 heteroatoms. The lowest BCUT2D eigenvalue weighted by molar-refractivity contribution is -0.140. The number of rotatable bonds is 11. The summed E-state index contributed by atoms with van der Waals surface area (Å²) < 4.78 is 5.46. The molecule has 5 nitrogen and oxygen atoms in total. The van der Waals surface area contributed by atoms with E-state index in [1.807, 2.05) is 32.9 Å². The summed E-state index contributed by atoms with van der Waals surface area (Å²) >= 11 is 5.92. The number of hydrogen-bond donors (Lipinski definition) is 1. The molecular formula is C20H31ClN2O3. The van der Waals surface area contributed by atoms with Crippen LogP contribution < -0.4 is 5.32 Å². The van der Waals surface area contributed by atoms with Gasteiger partial charge in [0.1, 0.15) is 6.04 Å². The minimum absolute atomic E-state index is 0.0201. The van der Waals surface area contributed by atoms with Crippen LogP contribution in [0.5, 0.6) is 0 Å². The molecule has 0 spiro atoms. The fraction of sp³-hybridized carbons (Fsp3) is 0.600. The smallest absolute Gasteiger partial charge is 0.242 e. The first kappa shape index (κ1) is 22.5. The van der Waals surface area contributed by atoms with Gasteiger partial charge in [0.2, 0.25) is 11.8 Å². The van der Waals surface area contributed by atoms with Crippen LogP contribution >= 0.6 is 11.6 Å². The number of benzene rings is 1. The van der Waals surface area contributed by atoms with E-state index in [1.165, 1.54) is 0 Å². The van der Waals surface area contributed by atoms with Gasteiger partial charge in [-0.25, -0.2) is 0 Å². The third-order valence-electron chi connectivity index (χ3n) is 3.97. The Kier molecular flexibility index (Phi) is 10.3. The molecule has 0 saturated heterocycles. The molecule has 1 N–H and O–H groups in total. The Bertz CT molecular complexity index is 561. The molecule has 0 saturated carbocycles. The molecule has 0 aliphatic heterocycles. The first-order chi connectivity index (χ1) is 12.3. The summed E-state index contributed by atoms with van der Waals surface area (Å²) in [6, 6.07) is 6.80. The molecule has 1 aromatic carbocycles. The second-order valence-corrected chi connectivity index (χ2v) is 7.07. The van der Waals surface area contributed by atoms with Crippen molar-refractivity contribution in [2.45, 2.75) is 65.6 Å². The van der Waals surface area contributed by atoms with Crippen molar-refractivity contribution in [1.29, 1.82) is 0 Å². The topological polar surface area (TPSA) is 58.6 Å². The van der Waals surface area contributed by atoms with Crippen LogP contribution in [0.15, 0.2) is 24.3 Å². The molecule has 0 radical (unpaired) electrons. The van der Waals surface area contributed by atoms with Crippen LogP contribution in [0.25, 0.3) is 0 Å². The Labute approximate surface area is 162 Å². The van der Waals surface area contributed by atoms with Gasteiger partial charge in [0.25, 0.3) is 0 Å². The summed E-state index contributed by atoms with van der Waals surface area (Å²) in [5, 5.41) is 3.54. The maximum absolute atomic E-state index is 12.5. The van der Waals surface area contributed by atoms with E-state index in [2.05, 4.69) is 5.32 Å². The summed E-state index contributed by atoms with van der Waals surface area (Å²) in [5.41, 5.74) is 0.948. The lowest BCUT2D eigenvalue weighted by Crippen LogP contribution is -2.47. The molecule has 0 heterocycles. The van der Waals surface area contributed by atoms with E-state index in [9.17, 15) is 9.59 Å². The van der Waals surface area contributed by atoms with Gasteiger partial charge in [-0.05, 0) is 51.3 Å². The average Bonchev–Trinajstić information content (AvgIpc) is 2.60. The van der Waals surface area contributed by atoms with E-state index >= 15 is 0 Å². The van der Waals surface area contributed by atoms with Crippen molar-refractivity contribution in [3.8, 4) is 0 Å². The van der Waals surface area contributed by atoms with Crippen molar-refractivity contribution in [3.05, 3.63) is 34.9 Å². The van der Waals surface area contributed by atoms with Crippen molar-refractivity contribution in [1.82, 2.24) is 10.2 Å². The zero-order valence-corrected chi connectivity index (χ0v) is 17.0. The van der Waals surface area contributed by atoms with Crippen LogP contribution in [-0.4, -0.2) is 42.0 Å². The third-order valence-corrected chi connectivity index (χ3v) is 4.22. The number of hydrogen-bond acceptors (Lipinski definition) is 3. The van der Waals surface area contributed by atoms with Crippen molar-refractivity contribution in [3.63, 3.8) is 0 Å². The van der Waals surface area contributed by atoms with Gasteiger partial charge in [-0.3, -0.25) is 9.59 Å². The van der Waals surface area contributed by atoms with E-state index in [-0.39, 0.29) is 17.9 Å². The standard InChI is InChI=1S/C20H31ClN2O3/c1-5-7-19(24)23(14-17-8-10-18(21)11-9-17)16(4)20(25)22-12-6-13-26-15(2)3/h8-11,15-16H,5-7,12-14H2,1-4H3,(H,22,25). The highest BCUT2D eigenvalue weighted by molar-refractivity contribution is 6.30. The normalized spacial score (nSPS) is 12.1. The highest BCUT2D eigenvalue weighted by Crippen LogP contribution is 2.15. The molecule has 1 rings (SSSR count). The Hall–Kier alpha value is -1.59. The second-order valence-electron chi connectivity index (χ2n) is 6.64. The van der Waals surface area contributed by atoms with E-state index in [1.54, 1.807) is 24.0 Å². The fourth-order valence-corrected chi connectivity index (χ4v) is 2.60. The third kappa shape index (κ3) is 8.19. The molecule has 1 atom stereocenters. The number of ether oxygens (including phenoxy) is 1. The maximum atomic E-state index is 12.5. The van der Waals surface area contributed by atoms with Crippen LogP contribution in [0.4, 0.5) is 0 Å². The van der Waals surface area contributed by atoms with Gasteiger partial charge < -0.3 is 15.0 Å². The molecular weight excluding hydrogens is 352 g/mol. The van der Waals surface area contributed by atoms with Crippen molar-refractivity contribution >= 4 is 23.4 Å². The van der Waals surface area contributed by atoms with Crippen molar-refractivity contribution in [2.75, 3.05) is 13.2 Å². The molecule has 0 bridgehead atoms. The predicted molar refractivity (Wildman–Crippen MR) is 105 cm³/mol. The van der Waals surface area contributed by atoms with E-state index < -0.39 is 6.04 Å². The molecule has 0 aliphatic carbocycles. The zero-order chi connectivity index (χ0) is 19.5. The minimum atomic E-state index is -0.532. The first-order valence-electron chi connectivity index (χ1n) is 9.28. The lowest BCUT2D eigenvalue weighted by atomic mass is 10.1. The Morgan fingerprint density at radius 3 is 2.42 bits per heavy atom. The SMILES string of the molecule is CCCC(=O)N(Cc1ccc(Cl)cc1)C(C)C(=O)NCCCOC(C)C. The van der Waals surface area contributed by atoms with Gasteiger partial charge in [-0.15, -0.1) is 0 Å². The molecule has 146 valence electrons. The monoisotopic (exact) mass is 382 g/mol. The number of halogens is 1. The van der Waals surface area contributed by atoms with Gasteiger partial charge in [0, 0.05) is 31.1 Å². The molecule has 26 heavy (non-hydrogen) atoms. The number of nitrogens with one attached hydrogen (secondary N) is 1. The highest BCUT2D eigenvalue weighted by atomic mass is 35.5. The molecule has 1 aromatic rings. The maximum Gasteiger partial charge on any atom is 0.242 e. The Morgan fingerprint density at radius 2 is 1.85 bits per heavy atom. The summed E-state index contributed by atoms with van der Waals surface area (Å²) in [6.07, 6.45) is 2.10. The Morgan fingerprint density at radius 1 is 1.19 bits per heavy atom. The van der Waals surface area contributed by atoms with Crippen LogP contribution in [0.1, 0.15) is 52.5 Å². The largest absolute Gasteiger partial charge is 0.379 e. The number of amides is 2. The molecule has 0 fully saturated rings. The van der Waals surface area contributed by atoms with Crippen LogP contribution in [0.3, 0.4) is 0 Å². The van der Waals surface area contributed by atoms with Crippen LogP contribution in [-0.2, 0) is 20.9 Å². The van der Waals surface area contributed by atoms with E-state index in [0.29, 0.717) is 31.1 Å². The molecule has 0 aliphatic rings. The van der Waals surface area contributed by atoms with Gasteiger partial charge in [-0.1, -0.05) is 30.7 Å². The van der Waals surface area contributed by atoms with E-state index in [0.717, 1.165) is 18.4 Å². The number of carbonyl (C=O) groups is 2. The second kappa shape index (κ2) is 11.9. The highest BCUT2D eigenvalue weighted by Gasteiger charge is 2.25. The van der Waals surface area contributed by atoms with Crippen molar-refractivity contribution < 1.29 is 14.3 Å². The first-order valence-corrected chi connectivity index (χ1v) is 9.66. The lowest BCUT2D eigenvalue weighted by Gasteiger charge is -2.29.